The van der Waals surface area contributed by atoms with Gasteiger partial charge in [0.2, 0.25) is 0 Å². The molecule has 1 aliphatic rings. The molecule has 1 fully saturated rings. The number of carbonyl (C=O) groups excluding carboxylic acids is 2. The molecule has 0 saturated carbocycles. The largest absolute Gasteiger partial charge is 0.347 e. The Labute approximate surface area is 138 Å². The van der Waals surface area contributed by atoms with Crippen LogP contribution in [0, 0.1) is 6.92 Å². The number of nitrogens with one attached hydrogen (secondary N) is 3. The molecule has 0 aromatic heterocycles. The van der Waals surface area contributed by atoms with E-state index in [1.165, 1.54) is 0 Å². The van der Waals surface area contributed by atoms with Crippen molar-refractivity contribution in [3.05, 3.63) is 28.2 Å². The number of benzene rings is 1. The van der Waals surface area contributed by atoms with Crippen LogP contribution in [0.15, 0.2) is 22.7 Å². The van der Waals surface area contributed by atoms with Crippen LogP contribution in [0.4, 0.5) is 5.69 Å². The van der Waals surface area contributed by atoms with Crippen molar-refractivity contribution in [2.75, 3.05) is 44.6 Å². The minimum atomic E-state index is -0.634. The van der Waals surface area contributed by atoms with Crippen LogP contribution in [0.5, 0.6) is 0 Å². The molecule has 0 unspecified atom stereocenters. The number of amides is 2. The Kier molecular flexibility index (Phi) is 6.35. The first-order valence-corrected chi connectivity index (χ1v) is 8.14. The van der Waals surface area contributed by atoms with Crippen molar-refractivity contribution < 1.29 is 9.59 Å². The molecule has 22 heavy (non-hydrogen) atoms. The van der Waals surface area contributed by atoms with Crippen LogP contribution in [-0.2, 0) is 9.59 Å². The SMILES string of the molecule is Cc1cc(Br)ccc1NC(=O)C(=O)NCCN1CCNCC1. The van der Waals surface area contributed by atoms with Crippen molar-refractivity contribution in [1.29, 1.82) is 0 Å². The molecule has 1 saturated heterocycles. The summed E-state index contributed by atoms with van der Waals surface area (Å²) in [6.07, 6.45) is 0. The molecule has 1 aromatic rings. The van der Waals surface area contributed by atoms with E-state index in [1.807, 2.05) is 19.1 Å². The zero-order valence-corrected chi connectivity index (χ0v) is 14.2. The number of hydrogen-bond acceptors (Lipinski definition) is 4. The highest BCUT2D eigenvalue weighted by atomic mass is 79.9. The van der Waals surface area contributed by atoms with Crippen LogP contribution in [0.2, 0.25) is 0 Å². The maximum Gasteiger partial charge on any atom is 0.313 e. The third-order valence-electron chi connectivity index (χ3n) is 3.57. The van der Waals surface area contributed by atoms with Crippen molar-refractivity contribution >= 4 is 33.4 Å². The van der Waals surface area contributed by atoms with E-state index in [1.54, 1.807) is 6.07 Å². The Balaban J connectivity index is 1.75. The first-order chi connectivity index (χ1) is 10.6. The van der Waals surface area contributed by atoms with Crippen molar-refractivity contribution in [2.45, 2.75) is 6.92 Å². The molecule has 3 N–H and O–H groups in total. The molecule has 7 heteroatoms. The van der Waals surface area contributed by atoms with Gasteiger partial charge in [-0.3, -0.25) is 14.5 Å². The molecule has 120 valence electrons. The van der Waals surface area contributed by atoms with E-state index in [0.717, 1.165) is 42.8 Å². The Morgan fingerprint density at radius 2 is 2.00 bits per heavy atom. The number of aryl methyl sites for hydroxylation is 1. The number of hydrogen-bond donors (Lipinski definition) is 3. The second-order valence-corrected chi connectivity index (χ2v) is 6.18. The summed E-state index contributed by atoms with van der Waals surface area (Å²) < 4.78 is 0.934. The molecule has 0 radical (unpaired) electrons. The average Bonchev–Trinajstić information content (AvgIpc) is 2.51. The third kappa shape index (κ3) is 5.08. The minimum absolute atomic E-state index is 0.478. The fourth-order valence-electron chi connectivity index (χ4n) is 2.29. The summed E-state index contributed by atoms with van der Waals surface area (Å²) in [6, 6.07) is 5.48. The zero-order valence-electron chi connectivity index (χ0n) is 12.6. The quantitative estimate of drug-likeness (QED) is 0.684. The second kappa shape index (κ2) is 8.26. The molecular formula is C15H21BrN4O2. The highest BCUT2D eigenvalue weighted by Gasteiger charge is 2.15. The van der Waals surface area contributed by atoms with Gasteiger partial charge in [-0.1, -0.05) is 15.9 Å². The van der Waals surface area contributed by atoms with Gasteiger partial charge in [-0.25, -0.2) is 0 Å². The van der Waals surface area contributed by atoms with E-state index in [-0.39, 0.29) is 0 Å². The Bertz CT molecular complexity index is 544. The fourth-order valence-corrected chi connectivity index (χ4v) is 2.76. The predicted molar refractivity (Wildman–Crippen MR) is 89.8 cm³/mol. The number of anilines is 1. The van der Waals surface area contributed by atoms with E-state index >= 15 is 0 Å². The van der Waals surface area contributed by atoms with Crippen molar-refractivity contribution in [1.82, 2.24) is 15.5 Å². The number of carbonyl (C=O) groups is 2. The van der Waals surface area contributed by atoms with E-state index < -0.39 is 11.8 Å². The Morgan fingerprint density at radius 1 is 1.27 bits per heavy atom. The zero-order chi connectivity index (χ0) is 15.9. The van der Waals surface area contributed by atoms with Crippen LogP contribution in [0.25, 0.3) is 0 Å². The second-order valence-electron chi connectivity index (χ2n) is 5.26. The molecule has 1 aromatic carbocycles. The van der Waals surface area contributed by atoms with E-state index in [2.05, 4.69) is 36.8 Å². The molecule has 0 spiro atoms. The third-order valence-corrected chi connectivity index (χ3v) is 4.06. The topological polar surface area (TPSA) is 73.5 Å². The lowest BCUT2D eigenvalue weighted by atomic mass is 10.2. The monoisotopic (exact) mass is 368 g/mol. The van der Waals surface area contributed by atoms with Gasteiger partial charge in [-0.2, -0.15) is 0 Å². The molecule has 1 aliphatic heterocycles. The van der Waals surface area contributed by atoms with Crippen molar-refractivity contribution in [3.63, 3.8) is 0 Å². The number of piperazine rings is 1. The summed E-state index contributed by atoms with van der Waals surface area (Å²) in [4.78, 5) is 25.9. The Morgan fingerprint density at radius 3 is 2.68 bits per heavy atom. The Hall–Kier alpha value is -1.44. The van der Waals surface area contributed by atoms with E-state index in [9.17, 15) is 9.59 Å². The highest BCUT2D eigenvalue weighted by molar-refractivity contribution is 9.10. The predicted octanol–water partition coefficient (Wildman–Crippen LogP) is 0.717. The highest BCUT2D eigenvalue weighted by Crippen LogP contribution is 2.19. The molecule has 2 rings (SSSR count). The first-order valence-electron chi connectivity index (χ1n) is 7.34. The van der Waals surface area contributed by atoms with Crippen LogP contribution in [0.3, 0.4) is 0 Å². The maximum atomic E-state index is 11.9. The number of rotatable bonds is 4. The summed E-state index contributed by atoms with van der Waals surface area (Å²) >= 11 is 3.36. The smallest absolute Gasteiger partial charge is 0.313 e. The molecule has 6 nitrogen and oxygen atoms in total. The summed E-state index contributed by atoms with van der Waals surface area (Å²) in [5.41, 5.74) is 1.54. The van der Waals surface area contributed by atoms with Crippen LogP contribution in [0.1, 0.15) is 5.56 Å². The molecular weight excluding hydrogens is 348 g/mol. The molecule has 1 heterocycles. The average molecular weight is 369 g/mol. The summed E-state index contributed by atoms with van der Waals surface area (Å²) in [7, 11) is 0. The summed E-state index contributed by atoms with van der Waals surface area (Å²) in [5, 5.41) is 8.56. The normalized spacial score (nSPS) is 15.4. The van der Waals surface area contributed by atoms with Gasteiger partial charge in [0.25, 0.3) is 0 Å². The lowest BCUT2D eigenvalue weighted by Crippen LogP contribution is -2.47. The van der Waals surface area contributed by atoms with Crippen LogP contribution < -0.4 is 16.0 Å². The van der Waals surface area contributed by atoms with Gasteiger partial charge in [0.1, 0.15) is 0 Å². The van der Waals surface area contributed by atoms with Gasteiger partial charge < -0.3 is 16.0 Å². The van der Waals surface area contributed by atoms with Gasteiger partial charge in [0.05, 0.1) is 0 Å². The van der Waals surface area contributed by atoms with E-state index in [4.69, 9.17) is 0 Å². The van der Waals surface area contributed by atoms with Gasteiger partial charge in [0, 0.05) is 49.4 Å². The van der Waals surface area contributed by atoms with E-state index in [0.29, 0.717) is 12.2 Å². The molecule has 0 atom stereocenters. The molecule has 0 aliphatic carbocycles. The van der Waals surface area contributed by atoms with Crippen molar-refractivity contribution in [3.8, 4) is 0 Å². The van der Waals surface area contributed by atoms with Gasteiger partial charge in [0.15, 0.2) is 0 Å². The van der Waals surface area contributed by atoms with Crippen molar-refractivity contribution in [2.24, 2.45) is 0 Å². The maximum absolute atomic E-state index is 11.9. The summed E-state index contributed by atoms with van der Waals surface area (Å²) in [5.74, 6) is -1.23. The number of halogens is 1. The van der Waals surface area contributed by atoms with Gasteiger partial charge in [-0.05, 0) is 30.7 Å². The lowest BCUT2D eigenvalue weighted by molar-refractivity contribution is -0.136. The fraction of sp³-hybridized carbons (Fsp3) is 0.467. The minimum Gasteiger partial charge on any atom is -0.347 e. The van der Waals surface area contributed by atoms with Gasteiger partial charge in [-0.15, -0.1) is 0 Å². The standard InChI is InChI=1S/C15H21BrN4O2/c1-11-10-12(16)2-3-13(11)19-15(22)14(21)18-6-9-20-7-4-17-5-8-20/h2-3,10,17H,4-9H2,1H3,(H,18,21)(H,19,22). The summed E-state index contributed by atoms with van der Waals surface area (Å²) in [6.45, 7) is 7.00. The first kappa shape index (κ1) is 16.9. The lowest BCUT2D eigenvalue weighted by Gasteiger charge is -2.26. The van der Waals surface area contributed by atoms with Crippen LogP contribution >= 0.6 is 15.9 Å². The molecule has 0 bridgehead atoms. The number of nitrogens with zero attached hydrogens (tertiary/aromatic N) is 1. The molecule has 2 amide bonds. The van der Waals surface area contributed by atoms with Gasteiger partial charge >= 0.3 is 11.8 Å². The van der Waals surface area contributed by atoms with Crippen LogP contribution in [-0.4, -0.2) is 56.0 Å².